The molecule has 0 atom stereocenters. The number of fused-ring (bicyclic) bond motifs is 1. The van der Waals surface area contributed by atoms with Crippen molar-refractivity contribution in [1.29, 1.82) is 0 Å². The van der Waals surface area contributed by atoms with Gasteiger partial charge in [0.25, 0.3) is 0 Å². The van der Waals surface area contributed by atoms with Crippen LogP contribution < -0.4 is 4.90 Å². The minimum atomic E-state index is 1.11. The third-order valence-electron chi connectivity index (χ3n) is 2.98. The summed E-state index contributed by atoms with van der Waals surface area (Å²) in [5.41, 5.74) is 4.50. The summed E-state index contributed by atoms with van der Waals surface area (Å²) in [5, 5.41) is 0. The van der Waals surface area contributed by atoms with Gasteiger partial charge in [-0.25, -0.2) is 0 Å². The van der Waals surface area contributed by atoms with Gasteiger partial charge in [0.2, 0.25) is 0 Å². The highest BCUT2D eigenvalue weighted by Gasteiger charge is 2.13. The van der Waals surface area contributed by atoms with Crippen molar-refractivity contribution in [2.24, 2.45) is 0 Å². The van der Waals surface area contributed by atoms with Crippen LogP contribution in [0, 0.1) is 0 Å². The van der Waals surface area contributed by atoms with E-state index in [-0.39, 0.29) is 0 Å². The van der Waals surface area contributed by atoms with Crippen molar-refractivity contribution < 1.29 is 0 Å². The van der Waals surface area contributed by atoms with Gasteiger partial charge in [0.05, 0.1) is 0 Å². The zero-order valence-corrected chi connectivity index (χ0v) is 8.51. The monoisotopic (exact) mass is 175 g/mol. The Labute approximate surface area is 80.4 Å². The smallest absolute Gasteiger partial charge is 0.0368 e. The van der Waals surface area contributed by atoms with Gasteiger partial charge in [-0.05, 0) is 49.9 Å². The van der Waals surface area contributed by atoms with Crippen LogP contribution in [0.5, 0.6) is 0 Å². The summed E-state index contributed by atoms with van der Waals surface area (Å²) in [6.45, 7) is 6.64. The van der Waals surface area contributed by atoms with E-state index in [1.165, 1.54) is 18.5 Å². The molecule has 0 saturated carbocycles. The van der Waals surface area contributed by atoms with E-state index in [0.717, 1.165) is 13.1 Å². The van der Waals surface area contributed by atoms with Crippen molar-refractivity contribution in [3.05, 3.63) is 29.3 Å². The number of hydrogen-bond acceptors (Lipinski definition) is 1. The molecule has 0 spiro atoms. The second kappa shape index (κ2) is 3.41. The summed E-state index contributed by atoms with van der Waals surface area (Å²) in [5.74, 6) is 0. The molecule has 1 aromatic carbocycles. The summed E-state index contributed by atoms with van der Waals surface area (Å²) in [7, 11) is 0. The van der Waals surface area contributed by atoms with Crippen LogP contribution in [0.3, 0.4) is 0 Å². The first-order valence-electron chi connectivity index (χ1n) is 5.22. The van der Waals surface area contributed by atoms with Gasteiger partial charge in [-0.1, -0.05) is 6.07 Å². The Bertz CT molecular complexity index is 300. The van der Waals surface area contributed by atoms with Gasteiger partial charge in [0.15, 0.2) is 0 Å². The maximum atomic E-state index is 2.40. The molecule has 0 radical (unpaired) electrons. The first kappa shape index (κ1) is 8.61. The molecule has 70 valence electrons. The Hall–Kier alpha value is -0.980. The van der Waals surface area contributed by atoms with Crippen LogP contribution in [0.25, 0.3) is 0 Å². The molecule has 1 aliphatic carbocycles. The lowest BCUT2D eigenvalue weighted by atomic mass is 9.88. The molecule has 0 N–H and O–H groups in total. The highest BCUT2D eigenvalue weighted by atomic mass is 15.1. The minimum absolute atomic E-state index is 1.11. The first-order chi connectivity index (χ1) is 6.35. The van der Waals surface area contributed by atoms with Gasteiger partial charge in [-0.2, -0.15) is 0 Å². The molecule has 0 amide bonds. The van der Waals surface area contributed by atoms with E-state index in [4.69, 9.17) is 0 Å². The van der Waals surface area contributed by atoms with Crippen molar-refractivity contribution in [3.8, 4) is 0 Å². The van der Waals surface area contributed by atoms with Crippen LogP contribution in [0.1, 0.15) is 25.0 Å². The average molecular weight is 175 g/mol. The number of rotatable bonds is 3. The van der Waals surface area contributed by atoms with E-state index < -0.39 is 0 Å². The Morgan fingerprint density at radius 1 is 1.08 bits per heavy atom. The van der Waals surface area contributed by atoms with Gasteiger partial charge in [0, 0.05) is 18.8 Å². The van der Waals surface area contributed by atoms with Crippen molar-refractivity contribution in [2.75, 3.05) is 18.0 Å². The zero-order valence-electron chi connectivity index (χ0n) is 8.51. The van der Waals surface area contributed by atoms with Crippen LogP contribution in [-0.2, 0) is 12.8 Å². The molecular formula is C12H17N. The molecule has 0 fully saturated rings. The molecule has 1 heteroatoms. The van der Waals surface area contributed by atoms with E-state index in [1.807, 2.05) is 0 Å². The highest BCUT2D eigenvalue weighted by Crippen LogP contribution is 2.27. The Morgan fingerprint density at radius 2 is 1.77 bits per heavy atom. The van der Waals surface area contributed by atoms with Crippen molar-refractivity contribution in [1.82, 2.24) is 0 Å². The van der Waals surface area contributed by atoms with Gasteiger partial charge in [-0.3, -0.25) is 0 Å². The van der Waals surface area contributed by atoms with E-state index in [1.54, 1.807) is 11.1 Å². The molecule has 1 aliphatic rings. The van der Waals surface area contributed by atoms with Crippen LogP contribution in [0.15, 0.2) is 18.2 Å². The molecular weight excluding hydrogens is 158 g/mol. The number of nitrogens with zero attached hydrogens (tertiary/aromatic N) is 1. The quantitative estimate of drug-likeness (QED) is 0.682. The van der Waals surface area contributed by atoms with Gasteiger partial charge >= 0.3 is 0 Å². The molecule has 13 heavy (non-hydrogen) atoms. The summed E-state index contributed by atoms with van der Waals surface area (Å²) in [6.07, 6.45) is 2.57. The lowest BCUT2D eigenvalue weighted by Gasteiger charge is -2.25. The van der Waals surface area contributed by atoms with Crippen molar-refractivity contribution in [3.63, 3.8) is 0 Å². The fraction of sp³-hybridized carbons (Fsp3) is 0.500. The van der Waals surface area contributed by atoms with Crippen LogP contribution in [0.2, 0.25) is 0 Å². The standard InChI is InChI=1S/C12H17N/c1-3-13(4-2)12-8-7-10-5-6-11(10)9-12/h7-9H,3-6H2,1-2H3. The number of anilines is 1. The molecule has 0 saturated heterocycles. The third-order valence-corrected chi connectivity index (χ3v) is 2.98. The van der Waals surface area contributed by atoms with Crippen LogP contribution in [0.4, 0.5) is 5.69 Å². The fourth-order valence-electron chi connectivity index (χ4n) is 1.97. The topological polar surface area (TPSA) is 3.24 Å². The van der Waals surface area contributed by atoms with Crippen LogP contribution >= 0.6 is 0 Å². The third kappa shape index (κ3) is 1.43. The Balaban J connectivity index is 2.25. The van der Waals surface area contributed by atoms with Gasteiger partial charge < -0.3 is 4.90 Å². The zero-order chi connectivity index (χ0) is 9.26. The molecule has 0 aliphatic heterocycles. The second-order valence-corrected chi connectivity index (χ2v) is 3.63. The van der Waals surface area contributed by atoms with Crippen LogP contribution in [-0.4, -0.2) is 13.1 Å². The summed E-state index contributed by atoms with van der Waals surface area (Å²) in [6, 6.07) is 6.89. The van der Waals surface area contributed by atoms with Crippen molar-refractivity contribution in [2.45, 2.75) is 26.7 Å². The summed E-state index contributed by atoms with van der Waals surface area (Å²) >= 11 is 0. The normalized spacial score (nSPS) is 13.4. The maximum absolute atomic E-state index is 2.40. The number of benzene rings is 1. The van der Waals surface area contributed by atoms with Gasteiger partial charge in [0.1, 0.15) is 0 Å². The molecule has 0 heterocycles. The van der Waals surface area contributed by atoms with Crippen molar-refractivity contribution >= 4 is 5.69 Å². The average Bonchev–Trinajstić information content (AvgIpc) is 2.11. The molecule has 1 aromatic rings. The molecule has 2 rings (SSSR count). The molecule has 1 nitrogen and oxygen atoms in total. The minimum Gasteiger partial charge on any atom is -0.372 e. The SMILES string of the molecule is CCN(CC)c1ccc2c(c1)CC2. The second-order valence-electron chi connectivity index (χ2n) is 3.63. The highest BCUT2D eigenvalue weighted by molar-refractivity contribution is 5.53. The van der Waals surface area contributed by atoms with Gasteiger partial charge in [-0.15, -0.1) is 0 Å². The number of hydrogen-bond donors (Lipinski definition) is 0. The predicted molar refractivity (Wildman–Crippen MR) is 57.4 cm³/mol. The molecule has 0 bridgehead atoms. The fourth-order valence-corrected chi connectivity index (χ4v) is 1.97. The van der Waals surface area contributed by atoms with E-state index in [0.29, 0.717) is 0 Å². The maximum Gasteiger partial charge on any atom is 0.0368 e. The lowest BCUT2D eigenvalue weighted by Crippen LogP contribution is -2.22. The molecule has 0 aromatic heterocycles. The number of aryl methyl sites for hydroxylation is 2. The summed E-state index contributed by atoms with van der Waals surface area (Å²) < 4.78 is 0. The lowest BCUT2D eigenvalue weighted by molar-refractivity contribution is 0.822. The Kier molecular flexibility index (Phi) is 2.26. The predicted octanol–water partition coefficient (Wildman–Crippen LogP) is 2.63. The first-order valence-corrected chi connectivity index (χ1v) is 5.22. The van der Waals surface area contributed by atoms with E-state index in [9.17, 15) is 0 Å². The molecule has 0 unspecified atom stereocenters. The Morgan fingerprint density at radius 3 is 2.23 bits per heavy atom. The van der Waals surface area contributed by atoms with E-state index >= 15 is 0 Å². The largest absolute Gasteiger partial charge is 0.372 e. The van der Waals surface area contributed by atoms with E-state index in [2.05, 4.69) is 36.9 Å². The summed E-state index contributed by atoms with van der Waals surface area (Å²) in [4.78, 5) is 2.40.